The average molecular weight is 519 g/mol. The standard InChI is InChI=1S/C33H34N4O2/c1-22(2)39-27-20-37(21-27)19-24-10-8-23(9-11-24)13-15-31-28-14-12-25(17-32(28)36-35-31)16-29-30(18-34-33(29)38)26-6-4-3-5-7-26/h3-17,22,27,30H,18-21H2,1-2H3,(H,34,38)(H,35,36)/b15-13+,29-16+. The van der Waals surface area contributed by atoms with E-state index in [9.17, 15) is 4.79 Å². The number of fused-ring (bicyclic) bond motifs is 1. The number of nitrogens with one attached hydrogen (secondary N) is 2. The Labute approximate surface area is 229 Å². The Balaban J connectivity index is 1.12. The van der Waals surface area contributed by atoms with E-state index in [1.807, 2.05) is 30.4 Å². The molecule has 6 rings (SSSR count). The molecule has 0 spiro atoms. The molecule has 1 atom stereocenters. The Hall–Kier alpha value is -4.00. The number of rotatable bonds is 8. The number of hydrogen-bond acceptors (Lipinski definition) is 4. The fourth-order valence-electron chi connectivity index (χ4n) is 5.46. The maximum absolute atomic E-state index is 12.6. The second-order valence-electron chi connectivity index (χ2n) is 10.8. The van der Waals surface area contributed by atoms with E-state index in [1.165, 1.54) is 5.56 Å². The van der Waals surface area contributed by atoms with Crippen LogP contribution < -0.4 is 5.32 Å². The van der Waals surface area contributed by atoms with Gasteiger partial charge in [0.25, 0.3) is 0 Å². The third-order valence-electron chi connectivity index (χ3n) is 7.45. The molecule has 1 aromatic heterocycles. The monoisotopic (exact) mass is 518 g/mol. The highest BCUT2D eigenvalue weighted by atomic mass is 16.5. The molecule has 6 heteroatoms. The fraction of sp³-hybridized carbons (Fsp3) is 0.273. The lowest BCUT2D eigenvalue weighted by molar-refractivity contribution is -0.116. The van der Waals surface area contributed by atoms with Gasteiger partial charge in [-0.3, -0.25) is 14.8 Å². The quantitative estimate of drug-likeness (QED) is 0.296. The lowest BCUT2D eigenvalue weighted by atomic mass is 9.92. The summed E-state index contributed by atoms with van der Waals surface area (Å²) in [6, 6.07) is 25.1. The lowest BCUT2D eigenvalue weighted by Gasteiger charge is -2.39. The number of carbonyl (C=O) groups excluding carboxylic acids is 1. The molecule has 3 heterocycles. The van der Waals surface area contributed by atoms with Crippen LogP contribution in [0.3, 0.4) is 0 Å². The number of benzene rings is 3. The summed E-state index contributed by atoms with van der Waals surface area (Å²) in [7, 11) is 0. The summed E-state index contributed by atoms with van der Waals surface area (Å²) in [6.07, 6.45) is 6.80. The Morgan fingerprint density at radius 2 is 1.77 bits per heavy atom. The van der Waals surface area contributed by atoms with Gasteiger partial charge in [0.2, 0.25) is 5.91 Å². The van der Waals surface area contributed by atoms with E-state index in [0.29, 0.717) is 18.8 Å². The molecule has 2 aliphatic rings. The summed E-state index contributed by atoms with van der Waals surface area (Å²) in [6.45, 7) is 7.78. The summed E-state index contributed by atoms with van der Waals surface area (Å²) < 4.78 is 5.85. The minimum Gasteiger partial charge on any atom is -0.373 e. The van der Waals surface area contributed by atoms with Crippen LogP contribution in [-0.4, -0.2) is 52.8 Å². The van der Waals surface area contributed by atoms with Gasteiger partial charge in [-0.15, -0.1) is 0 Å². The highest BCUT2D eigenvalue weighted by Gasteiger charge is 2.29. The van der Waals surface area contributed by atoms with Crippen molar-refractivity contribution in [3.05, 3.63) is 106 Å². The number of aromatic amines is 1. The Morgan fingerprint density at radius 1 is 1.00 bits per heavy atom. The summed E-state index contributed by atoms with van der Waals surface area (Å²) in [4.78, 5) is 15.0. The lowest BCUT2D eigenvalue weighted by Crippen LogP contribution is -2.52. The number of likely N-dealkylation sites (tertiary alicyclic amines) is 1. The molecule has 1 amide bonds. The zero-order valence-corrected chi connectivity index (χ0v) is 22.4. The zero-order valence-electron chi connectivity index (χ0n) is 22.4. The summed E-state index contributed by atoms with van der Waals surface area (Å²) in [5.41, 5.74) is 7.22. The molecule has 4 aromatic rings. The third kappa shape index (κ3) is 5.72. The highest BCUT2D eigenvalue weighted by molar-refractivity contribution is 6.02. The number of aromatic nitrogens is 2. The van der Waals surface area contributed by atoms with Gasteiger partial charge in [-0.05, 0) is 60.4 Å². The predicted octanol–water partition coefficient (Wildman–Crippen LogP) is 5.64. The molecule has 6 nitrogen and oxygen atoms in total. The molecular weight excluding hydrogens is 484 g/mol. The first-order valence-corrected chi connectivity index (χ1v) is 13.7. The molecule has 0 saturated carbocycles. The third-order valence-corrected chi connectivity index (χ3v) is 7.45. The van der Waals surface area contributed by atoms with Crippen LogP contribution in [0.4, 0.5) is 0 Å². The van der Waals surface area contributed by atoms with Crippen LogP contribution >= 0.6 is 0 Å². The molecule has 198 valence electrons. The van der Waals surface area contributed by atoms with E-state index >= 15 is 0 Å². The van der Waals surface area contributed by atoms with Gasteiger partial charge in [0.15, 0.2) is 0 Å². The van der Waals surface area contributed by atoms with Crippen molar-refractivity contribution >= 4 is 35.0 Å². The molecule has 0 radical (unpaired) electrons. The summed E-state index contributed by atoms with van der Waals surface area (Å²) >= 11 is 0. The number of hydrogen-bond donors (Lipinski definition) is 2. The predicted molar refractivity (Wildman–Crippen MR) is 157 cm³/mol. The molecule has 0 bridgehead atoms. The van der Waals surface area contributed by atoms with Gasteiger partial charge in [-0.2, -0.15) is 5.10 Å². The highest BCUT2D eigenvalue weighted by Crippen LogP contribution is 2.31. The van der Waals surface area contributed by atoms with Crippen LogP contribution in [0.1, 0.15) is 47.7 Å². The van der Waals surface area contributed by atoms with E-state index in [-0.39, 0.29) is 11.8 Å². The minimum absolute atomic E-state index is 0.00239. The minimum atomic E-state index is -0.00239. The second kappa shape index (κ2) is 11.0. The molecule has 2 fully saturated rings. The van der Waals surface area contributed by atoms with Crippen LogP contribution in [0.15, 0.2) is 78.4 Å². The van der Waals surface area contributed by atoms with Gasteiger partial charge < -0.3 is 10.1 Å². The van der Waals surface area contributed by atoms with Crippen molar-refractivity contribution in [3.8, 4) is 0 Å². The largest absolute Gasteiger partial charge is 0.373 e. The second-order valence-corrected chi connectivity index (χ2v) is 10.8. The molecular formula is C33H34N4O2. The number of H-pyrrole nitrogens is 1. The smallest absolute Gasteiger partial charge is 0.247 e. The van der Waals surface area contributed by atoms with Crippen molar-refractivity contribution in [1.29, 1.82) is 0 Å². The molecule has 1 unspecified atom stereocenters. The van der Waals surface area contributed by atoms with E-state index in [2.05, 4.69) is 94.9 Å². The van der Waals surface area contributed by atoms with E-state index in [4.69, 9.17) is 4.74 Å². The first-order valence-electron chi connectivity index (χ1n) is 13.7. The van der Waals surface area contributed by atoms with Gasteiger partial charge in [0.1, 0.15) is 0 Å². The molecule has 0 aliphatic carbocycles. The number of carbonyl (C=O) groups is 1. The van der Waals surface area contributed by atoms with Gasteiger partial charge in [0, 0.05) is 43.1 Å². The van der Waals surface area contributed by atoms with Crippen LogP contribution in [0.2, 0.25) is 0 Å². The van der Waals surface area contributed by atoms with Crippen LogP contribution in [0.25, 0.3) is 29.1 Å². The van der Waals surface area contributed by atoms with Crippen molar-refractivity contribution in [2.75, 3.05) is 19.6 Å². The van der Waals surface area contributed by atoms with E-state index < -0.39 is 0 Å². The SMILES string of the molecule is CC(C)OC1CN(Cc2ccc(/C=C/c3n[nH]c4cc(/C=C5/C(=O)NCC5c5ccccc5)ccc34)cc2)C1. The normalized spacial score (nSPS) is 19.4. The summed E-state index contributed by atoms with van der Waals surface area (Å²) in [5.74, 6) is 0.0557. The Bertz CT molecular complexity index is 1510. The van der Waals surface area contributed by atoms with Gasteiger partial charge >= 0.3 is 0 Å². The number of ether oxygens (including phenoxy) is 1. The first kappa shape index (κ1) is 25.3. The maximum Gasteiger partial charge on any atom is 0.247 e. The Kier molecular flexibility index (Phi) is 7.14. The van der Waals surface area contributed by atoms with Crippen molar-refractivity contribution in [3.63, 3.8) is 0 Å². The fourth-order valence-corrected chi connectivity index (χ4v) is 5.46. The zero-order chi connectivity index (χ0) is 26.8. The maximum atomic E-state index is 12.6. The average Bonchev–Trinajstić information content (AvgIpc) is 3.50. The molecule has 2 N–H and O–H groups in total. The van der Waals surface area contributed by atoms with Gasteiger partial charge in [-0.25, -0.2) is 0 Å². The van der Waals surface area contributed by atoms with Gasteiger partial charge in [-0.1, -0.05) is 66.7 Å². The van der Waals surface area contributed by atoms with Crippen molar-refractivity contribution in [2.45, 2.75) is 38.5 Å². The number of nitrogens with zero attached hydrogens (tertiary/aromatic N) is 2. The van der Waals surface area contributed by atoms with Crippen LogP contribution in [0, 0.1) is 0 Å². The molecule has 39 heavy (non-hydrogen) atoms. The molecule has 3 aromatic carbocycles. The molecule has 2 aliphatic heterocycles. The molecule has 2 saturated heterocycles. The summed E-state index contributed by atoms with van der Waals surface area (Å²) in [5, 5.41) is 11.7. The first-order chi connectivity index (χ1) is 19.0. The van der Waals surface area contributed by atoms with E-state index in [0.717, 1.165) is 58.5 Å². The van der Waals surface area contributed by atoms with Crippen molar-refractivity contribution in [1.82, 2.24) is 20.4 Å². The van der Waals surface area contributed by atoms with Gasteiger partial charge in [0.05, 0.1) is 23.4 Å². The number of amides is 1. The van der Waals surface area contributed by atoms with Crippen molar-refractivity contribution < 1.29 is 9.53 Å². The van der Waals surface area contributed by atoms with Crippen LogP contribution in [-0.2, 0) is 16.1 Å². The van der Waals surface area contributed by atoms with Crippen LogP contribution in [0.5, 0.6) is 0 Å². The van der Waals surface area contributed by atoms with Crippen molar-refractivity contribution in [2.24, 2.45) is 0 Å². The Morgan fingerprint density at radius 3 is 2.54 bits per heavy atom. The topological polar surface area (TPSA) is 70.2 Å². The van der Waals surface area contributed by atoms with E-state index in [1.54, 1.807) is 0 Å².